The zero-order valence-corrected chi connectivity index (χ0v) is 14.8. The van der Waals surface area contributed by atoms with Gasteiger partial charge in [0.2, 0.25) is 5.91 Å². The maximum atomic E-state index is 12.6. The van der Waals surface area contributed by atoms with Gasteiger partial charge in [-0.05, 0) is 35.2 Å². The molecule has 2 amide bonds. The Morgan fingerprint density at radius 3 is 2.67 bits per heavy atom. The van der Waals surface area contributed by atoms with E-state index in [1.165, 1.54) is 11.8 Å². The Hall–Kier alpha value is -2.27. The molecular weight excluding hydrogens is 320 g/mol. The molecule has 0 saturated carbocycles. The average Bonchev–Trinajstić information content (AvgIpc) is 2.53. The Morgan fingerprint density at radius 1 is 1.17 bits per heavy atom. The molecular formula is C19H20N2O2S. The van der Waals surface area contributed by atoms with E-state index in [1.54, 1.807) is 12.1 Å². The van der Waals surface area contributed by atoms with Gasteiger partial charge in [0.25, 0.3) is 5.91 Å². The first-order valence-corrected chi connectivity index (χ1v) is 8.81. The summed E-state index contributed by atoms with van der Waals surface area (Å²) in [6, 6.07) is 13.2. The minimum atomic E-state index is -0.181. The van der Waals surface area contributed by atoms with Crippen LogP contribution in [0.25, 0.3) is 0 Å². The van der Waals surface area contributed by atoms with Crippen LogP contribution in [0.4, 0.5) is 11.4 Å². The first kappa shape index (κ1) is 16.6. The van der Waals surface area contributed by atoms with Crippen molar-refractivity contribution in [2.75, 3.05) is 16.4 Å². The van der Waals surface area contributed by atoms with E-state index in [0.717, 1.165) is 16.1 Å². The predicted molar refractivity (Wildman–Crippen MR) is 98.9 cm³/mol. The van der Waals surface area contributed by atoms with Gasteiger partial charge >= 0.3 is 0 Å². The van der Waals surface area contributed by atoms with E-state index in [9.17, 15) is 9.59 Å². The van der Waals surface area contributed by atoms with Crippen LogP contribution in [0.15, 0.2) is 47.4 Å². The summed E-state index contributed by atoms with van der Waals surface area (Å²) in [5.74, 6) is 0.194. The van der Waals surface area contributed by atoms with Gasteiger partial charge in [-0.2, -0.15) is 0 Å². The molecule has 4 nitrogen and oxygen atoms in total. The fraction of sp³-hybridized carbons (Fsp3) is 0.263. The second-order valence-corrected chi connectivity index (χ2v) is 7.81. The molecule has 24 heavy (non-hydrogen) atoms. The molecule has 0 atom stereocenters. The van der Waals surface area contributed by atoms with Crippen molar-refractivity contribution in [1.29, 1.82) is 0 Å². The predicted octanol–water partition coefficient (Wildman–Crippen LogP) is 4.28. The van der Waals surface area contributed by atoms with E-state index >= 15 is 0 Å². The molecule has 0 radical (unpaired) electrons. The van der Waals surface area contributed by atoms with Gasteiger partial charge in [-0.25, -0.2) is 0 Å². The van der Waals surface area contributed by atoms with Crippen LogP contribution in [0.1, 0.15) is 36.7 Å². The molecule has 0 bridgehead atoms. The van der Waals surface area contributed by atoms with Crippen LogP contribution in [0.2, 0.25) is 0 Å². The number of amides is 2. The SMILES string of the molecule is CC(C)(C)c1ccccc1NC(=O)c1ccc2c(c1)NC(=O)CS2. The Bertz CT molecular complexity index is 809. The maximum Gasteiger partial charge on any atom is 0.255 e. The molecule has 0 unspecified atom stereocenters. The fourth-order valence-corrected chi connectivity index (χ4v) is 3.45. The van der Waals surface area contributed by atoms with Crippen molar-refractivity contribution < 1.29 is 9.59 Å². The van der Waals surface area contributed by atoms with Gasteiger partial charge in [0, 0.05) is 16.1 Å². The highest BCUT2D eigenvalue weighted by atomic mass is 32.2. The smallest absolute Gasteiger partial charge is 0.255 e. The highest BCUT2D eigenvalue weighted by molar-refractivity contribution is 8.00. The summed E-state index contributed by atoms with van der Waals surface area (Å²) in [4.78, 5) is 25.1. The molecule has 1 aliphatic rings. The highest BCUT2D eigenvalue weighted by Crippen LogP contribution is 2.33. The van der Waals surface area contributed by atoms with Gasteiger partial charge in [0.05, 0.1) is 11.4 Å². The summed E-state index contributed by atoms with van der Waals surface area (Å²) in [5.41, 5.74) is 3.06. The number of anilines is 2. The lowest BCUT2D eigenvalue weighted by Gasteiger charge is -2.23. The van der Waals surface area contributed by atoms with Crippen LogP contribution in [-0.2, 0) is 10.2 Å². The number of thioether (sulfide) groups is 1. The van der Waals surface area contributed by atoms with E-state index in [0.29, 0.717) is 17.0 Å². The molecule has 3 rings (SSSR count). The monoisotopic (exact) mass is 340 g/mol. The second kappa shape index (κ2) is 6.32. The van der Waals surface area contributed by atoms with Crippen molar-refractivity contribution in [2.24, 2.45) is 0 Å². The van der Waals surface area contributed by atoms with Crippen LogP contribution in [0.5, 0.6) is 0 Å². The van der Waals surface area contributed by atoms with Gasteiger partial charge in [0.1, 0.15) is 0 Å². The normalized spacial score (nSPS) is 13.9. The molecule has 0 aromatic heterocycles. The Morgan fingerprint density at radius 2 is 1.92 bits per heavy atom. The zero-order valence-electron chi connectivity index (χ0n) is 14.0. The molecule has 0 aliphatic carbocycles. The molecule has 0 saturated heterocycles. The summed E-state index contributed by atoms with van der Waals surface area (Å²) in [7, 11) is 0. The number of hydrogen-bond acceptors (Lipinski definition) is 3. The first-order valence-electron chi connectivity index (χ1n) is 7.82. The number of fused-ring (bicyclic) bond motifs is 1. The van der Waals surface area contributed by atoms with Gasteiger partial charge in [-0.15, -0.1) is 11.8 Å². The quantitative estimate of drug-likeness (QED) is 0.858. The highest BCUT2D eigenvalue weighted by Gasteiger charge is 2.20. The molecule has 5 heteroatoms. The molecule has 2 N–H and O–H groups in total. The lowest BCUT2D eigenvalue weighted by atomic mass is 9.86. The number of hydrogen-bond donors (Lipinski definition) is 2. The number of para-hydroxylation sites is 1. The minimum absolute atomic E-state index is 0.0388. The van der Waals surface area contributed by atoms with Crippen molar-refractivity contribution in [1.82, 2.24) is 0 Å². The van der Waals surface area contributed by atoms with E-state index in [1.807, 2.05) is 30.3 Å². The molecule has 124 valence electrons. The summed E-state index contributed by atoms with van der Waals surface area (Å²) < 4.78 is 0. The maximum absolute atomic E-state index is 12.6. The third-order valence-electron chi connectivity index (χ3n) is 3.86. The second-order valence-electron chi connectivity index (χ2n) is 6.80. The van der Waals surface area contributed by atoms with Crippen molar-refractivity contribution in [3.05, 3.63) is 53.6 Å². The number of carbonyl (C=O) groups is 2. The summed E-state index contributed by atoms with van der Waals surface area (Å²) in [6.45, 7) is 6.34. The van der Waals surface area contributed by atoms with E-state index in [4.69, 9.17) is 0 Å². The number of carbonyl (C=O) groups excluding carboxylic acids is 2. The third-order valence-corrected chi connectivity index (χ3v) is 4.93. The standard InChI is InChI=1S/C19H20N2O2S/c1-19(2,3)13-6-4-5-7-14(13)21-18(23)12-8-9-16-15(10-12)20-17(22)11-24-16/h4-10H,11H2,1-3H3,(H,20,22)(H,21,23). The van der Waals surface area contributed by atoms with E-state index in [2.05, 4.69) is 31.4 Å². The van der Waals surface area contributed by atoms with E-state index in [-0.39, 0.29) is 17.2 Å². The fourth-order valence-electron chi connectivity index (χ4n) is 2.66. The molecule has 2 aromatic rings. The third kappa shape index (κ3) is 3.46. The summed E-state index contributed by atoms with van der Waals surface area (Å²) in [6.07, 6.45) is 0. The van der Waals surface area contributed by atoms with Crippen molar-refractivity contribution in [3.63, 3.8) is 0 Å². The first-order chi connectivity index (χ1) is 11.3. The van der Waals surface area contributed by atoms with Crippen molar-refractivity contribution in [2.45, 2.75) is 31.1 Å². The van der Waals surface area contributed by atoms with Crippen LogP contribution in [0.3, 0.4) is 0 Å². The van der Waals surface area contributed by atoms with Crippen LogP contribution in [0, 0.1) is 0 Å². The molecule has 2 aromatic carbocycles. The molecule has 0 fully saturated rings. The van der Waals surface area contributed by atoms with Crippen LogP contribution in [-0.4, -0.2) is 17.6 Å². The van der Waals surface area contributed by atoms with Gasteiger partial charge in [-0.3, -0.25) is 9.59 Å². The lowest BCUT2D eigenvalue weighted by Crippen LogP contribution is -2.21. The lowest BCUT2D eigenvalue weighted by molar-refractivity contribution is -0.113. The zero-order chi connectivity index (χ0) is 17.3. The number of rotatable bonds is 2. The Labute approximate surface area is 146 Å². The van der Waals surface area contributed by atoms with Gasteiger partial charge in [0.15, 0.2) is 0 Å². The topological polar surface area (TPSA) is 58.2 Å². The van der Waals surface area contributed by atoms with Gasteiger partial charge < -0.3 is 10.6 Å². The summed E-state index contributed by atoms with van der Waals surface area (Å²) >= 11 is 1.48. The largest absolute Gasteiger partial charge is 0.324 e. The van der Waals surface area contributed by atoms with Crippen molar-refractivity contribution >= 4 is 35.0 Å². The van der Waals surface area contributed by atoms with Crippen LogP contribution < -0.4 is 10.6 Å². The average molecular weight is 340 g/mol. The summed E-state index contributed by atoms with van der Waals surface area (Å²) in [5, 5.41) is 5.81. The van der Waals surface area contributed by atoms with E-state index < -0.39 is 0 Å². The molecule has 1 heterocycles. The number of benzene rings is 2. The minimum Gasteiger partial charge on any atom is -0.324 e. The van der Waals surface area contributed by atoms with Crippen LogP contribution >= 0.6 is 11.8 Å². The van der Waals surface area contributed by atoms with Gasteiger partial charge in [-0.1, -0.05) is 39.0 Å². The molecule has 1 aliphatic heterocycles. The number of nitrogens with one attached hydrogen (secondary N) is 2. The molecule has 0 spiro atoms. The van der Waals surface area contributed by atoms with Crippen molar-refractivity contribution in [3.8, 4) is 0 Å². The Kier molecular flexibility index (Phi) is 4.37. The Balaban J connectivity index is 1.87.